The van der Waals surface area contributed by atoms with Crippen LogP contribution >= 0.6 is 0 Å². The normalized spacial score (nSPS) is 10.7. The summed E-state index contributed by atoms with van der Waals surface area (Å²) >= 11 is 0. The third-order valence-corrected chi connectivity index (χ3v) is 5.88. The molecule has 0 aliphatic heterocycles. The summed E-state index contributed by atoms with van der Waals surface area (Å²) < 4.78 is 3.47. The van der Waals surface area contributed by atoms with Crippen LogP contribution in [0.25, 0.3) is 27.8 Å². The maximum absolute atomic E-state index is 12.0. The highest BCUT2D eigenvalue weighted by molar-refractivity contribution is 5.87. The Morgan fingerprint density at radius 2 is 1.87 bits per heavy atom. The summed E-state index contributed by atoms with van der Waals surface area (Å²) in [6.07, 6.45) is 10.7. The van der Waals surface area contributed by atoms with Crippen LogP contribution in [0.1, 0.15) is 24.8 Å². The molecule has 0 radical (unpaired) electrons. The van der Waals surface area contributed by atoms with Crippen molar-refractivity contribution in [1.82, 2.24) is 34.6 Å². The van der Waals surface area contributed by atoms with Gasteiger partial charge in [-0.05, 0) is 32.3 Å². The van der Waals surface area contributed by atoms with Gasteiger partial charge in [0, 0.05) is 86.8 Å². The Morgan fingerprint density at radius 3 is 2.58 bits per heavy atom. The first-order chi connectivity index (χ1) is 18.4. The molecule has 0 unspecified atom stereocenters. The highest BCUT2D eigenvalue weighted by Gasteiger charge is 2.14. The van der Waals surface area contributed by atoms with Gasteiger partial charge in [0.05, 0.1) is 23.5 Å². The molecule has 4 aromatic rings. The molecule has 0 spiro atoms. The summed E-state index contributed by atoms with van der Waals surface area (Å²) in [6.45, 7) is 1.96. The van der Waals surface area contributed by atoms with Crippen LogP contribution in [0.4, 0.5) is 5.82 Å². The molecule has 0 bridgehead atoms. The summed E-state index contributed by atoms with van der Waals surface area (Å²) in [4.78, 5) is 18.6. The van der Waals surface area contributed by atoms with Crippen molar-refractivity contribution in [2.24, 2.45) is 7.05 Å². The summed E-state index contributed by atoms with van der Waals surface area (Å²) in [5.74, 6) is 6.82. The first-order valence-corrected chi connectivity index (χ1v) is 12.4. The maximum Gasteiger partial charge on any atom is 0.221 e. The molecule has 4 heterocycles. The average molecular weight is 510 g/mol. The van der Waals surface area contributed by atoms with E-state index in [-0.39, 0.29) is 5.91 Å². The number of fused-ring (bicyclic) bond motifs is 1. The predicted molar refractivity (Wildman–Crippen MR) is 147 cm³/mol. The minimum absolute atomic E-state index is 0.0105. The van der Waals surface area contributed by atoms with Gasteiger partial charge in [0.1, 0.15) is 11.9 Å². The number of nitrogens with zero attached hydrogens (tertiary/aromatic N) is 7. The van der Waals surface area contributed by atoms with Crippen LogP contribution in [-0.2, 0) is 11.8 Å². The zero-order chi connectivity index (χ0) is 26.9. The van der Waals surface area contributed by atoms with Crippen LogP contribution in [0.15, 0.2) is 49.2 Å². The molecular weight excluding hydrogens is 478 g/mol. The molecular formula is C28H31N9O. The Balaban J connectivity index is 1.36. The number of aromatic nitrogens is 5. The van der Waals surface area contributed by atoms with Gasteiger partial charge in [0.15, 0.2) is 0 Å². The summed E-state index contributed by atoms with van der Waals surface area (Å²) in [5.41, 5.74) is 4.84. The zero-order valence-corrected chi connectivity index (χ0v) is 21.9. The third kappa shape index (κ3) is 6.75. The van der Waals surface area contributed by atoms with E-state index in [0.29, 0.717) is 37.3 Å². The molecule has 0 saturated heterocycles. The molecule has 4 rings (SSSR count). The zero-order valence-electron chi connectivity index (χ0n) is 21.9. The van der Waals surface area contributed by atoms with Crippen LogP contribution in [0.5, 0.6) is 0 Å². The van der Waals surface area contributed by atoms with E-state index in [1.54, 1.807) is 27.8 Å². The van der Waals surface area contributed by atoms with Crippen molar-refractivity contribution in [3.8, 4) is 40.2 Å². The van der Waals surface area contributed by atoms with E-state index in [4.69, 9.17) is 0 Å². The number of pyridine rings is 2. The SMILES string of the molecule is CN(C)CCC#CCCC(=O)NCCNc1ccc(-c2cc(-c3cnn(C)c3)cn3ncc(C#N)c23)cn1. The summed E-state index contributed by atoms with van der Waals surface area (Å²) in [7, 11) is 5.90. The van der Waals surface area contributed by atoms with Gasteiger partial charge in [-0.3, -0.25) is 9.48 Å². The summed E-state index contributed by atoms with van der Waals surface area (Å²) in [5, 5.41) is 24.4. The number of carbonyl (C=O) groups excluding carboxylic acids is 1. The van der Waals surface area contributed by atoms with Gasteiger partial charge in [-0.25, -0.2) is 9.50 Å². The number of hydrogen-bond donors (Lipinski definition) is 2. The molecule has 0 fully saturated rings. The second-order valence-corrected chi connectivity index (χ2v) is 9.12. The molecule has 1 amide bonds. The Hall–Kier alpha value is -4.67. The fraction of sp³-hybridized carbons (Fsp3) is 0.321. The Kier molecular flexibility index (Phi) is 8.70. The van der Waals surface area contributed by atoms with Crippen LogP contribution in [-0.4, -0.2) is 68.9 Å². The van der Waals surface area contributed by atoms with Crippen molar-refractivity contribution >= 4 is 17.2 Å². The van der Waals surface area contributed by atoms with E-state index in [2.05, 4.69) is 48.6 Å². The van der Waals surface area contributed by atoms with Crippen LogP contribution in [0, 0.1) is 23.2 Å². The molecule has 0 aromatic carbocycles. The number of rotatable bonds is 10. The largest absolute Gasteiger partial charge is 0.368 e. The second kappa shape index (κ2) is 12.5. The van der Waals surface area contributed by atoms with Crippen LogP contribution in [0.2, 0.25) is 0 Å². The fourth-order valence-electron chi connectivity index (χ4n) is 3.92. The van der Waals surface area contributed by atoms with Crippen molar-refractivity contribution in [2.45, 2.75) is 19.3 Å². The van der Waals surface area contributed by atoms with Gasteiger partial charge in [-0.15, -0.1) is 11.8 Å². The van der Waals surface area contributed by atoms with Gasteiger partial charge in [-0.1, -0.05) is 0 Å². The van der Waals surface area contributed by atoms with E-state index >= 15 is 0 Å². The van der Waals surface area contributed by atoms with Crippen molar-refractivity contribution in [3.05, 3.63) is 54.7 Å². The van der Waals surface area contributed by atoms with Gasteiger partial charge in [0.25, 0.3) is 0 Å². The highest BCUT2D eigenvalue weighted by Crippen LogP contribution is 2.31. The molecule has 194 valence electrons. The second-order valence-electron chi connectivity index (χ2n) is 9.12. The van der Waals surface area contributed by atoms with Crippen molar-refractivity contribution < 1.29 is 4.79 Å². The molecule has 0 saturated carbocycles. The number of nitrogens with one attached hydrogen (secondary N) is 2. The van der Waals surface area contributed by atoms with E-state index in [1.807, 2.05) is 51.7 Å². The molecule has 2 N–H and O–H groups in total. The topological polar surface area (TPSA) is 116 Å². The third-order valence-electron chi connectivity index (χ3n) is 5.88. The standard InChI is InChI=1S/C28H31N9O/c1-35(2)13-7-5-4-6-8-27(38)31-12-11-30-26-10-9-21(16-32-26)25-14-22(24-18-33-36(3)19-24)20-37-28(25)23(15-29)17-34-37/h9-10,14,16-20H,6-8,11-13H2,1-3H3,(H,30,32)(H,31,38). The van der Waals surface area contributed by atoms with Gasteiger partial charge < -0.3 is 15.5 Å². The Morgan fingerprint density at radius 1 is 1.03 bits per heavy atom. The van der Waals surface area contributed by atoms with Crippen LogP contribution < -0.4 is 10.6 Å². The van der Waals surface area contributed by atoms with E-state index in [1.165, 1.54) is 0 Å². The predicted octanol–water partition coefficient (Wildman–Crippen LogP) is 2.93. The van der Waals surface area contributed by atoms with Gasteiger partial charge in [0.2, 0.25) is 5.91 Å². The quantitative estimate of drug-likeness (QED) is 0.249. The molecule has 10 nitrogen and oxygen atoms in total. The van der Waals surface area contributed by atoms with Crippen LogP contribution in [0.3, 0.4) is 0 Å². The monoisotopic (exact) mass is 509 g/mol. The fourth-order valence-corrected chi connectivity index (χ4v) is 3.92. The van der Waals surface area contributed by atoms with E-state index in [9.17, 15) is 10.1 Å². The smallest absolute Gasteiger partial charge is 0.221 e. The minimum atomic E-state index is -0.0105. The Bertz CT molecular complexity index is 1500. The lowest BCUT2D eigenvalue weighted by Crippen LogP contribution is -2.28. The number of anilines is 1. The summed E-state index contributed by atoms with van der Waals surface area (Å²) in [6, 6.07) is 8.10. The van der Waals surface area contributed by atoms with Crippen molar-refractivity contribution in [3.63, 3.8) is 0 Å². The highest BCUT2D eigenvalue weighted by atomic mass is 16.1. The molecule has 38 heavy (non-hydrogen) atoms. The maximum atomic E-state index is 12.0. The van der Waals surface area contributed by atoms with Crippen molar-refractivity contribution in [2.75, 3.05) is 39.0 Å². The molecule has 0 aliphatic rings. The number of hydrogen-bond acceptors (Lipinski definition) is 7. The first kappa shape index (κ1) is 26.4. The molecule has 0 aliphatic carbocycles. The first-order valence-electron chi connectivity index (χ1n) is 12.4. The Labute approximate surface area is 222 Å². The molecule has 4 aromatic heterocycles. The minimum Gasteiger partial charge on any atom is -0.368 e. The number of aryl methyl sites for hydroxylation is 1. The number of nitriles is 1. The average Bonchev–Trinajstić information content (AvgIpc) is 3.54. The van der Waals surface area contributed by atoms with Gasteiger partial charge >= 0.3 is 0 Å². The lowest BCUT2D eigenvalue weighted by atomic mass is 10.0. The van der Waals surface area contributed by atoms with Crippen molar-refractivity contribution in [1.29, 1.82) is 5.26 Å². The lowest BCUT2D eigenvalue weighted by Gasteiger charge is -2.10. The van der Waals surface area contributed by atoms with E-state index in [0.717, 1.165) is 40.7 Å². The molecule has 10 heteroatoms. The lowest BCUT2D eigenvalue weighted by molar-refractivity contribution is -0.120. The number of amides is 1. The number of carbonyl (C=O) groups is 1. The molecule has 0 atom stereocenters. The van der Waals surface area contributed by atoms with E-state index < -0.39 is 0 Å². The van der Waals surface area contributed by atoms with Gasteiger partial charge in [-0.2, -0.15) is 15.5 Å².